The van der Waals surface area contributed by atoms with Crippen LogP contribution in [0, 0.1) is 6.92 Å². The molecular formula is C22H20O3S. The number of thiophene rings is 1. The monoisotopic (exact) mass is 364 g/mol. The number of rotatable bonds is 6. The van der Waals surface area contributed by atoms with Crippen molar-refractivity contribution in [2.45, 2.75) is 6.92 Å². The molecule has 2 aromatic carbocycles. The Hall–Kier alpha value is -2.85. The summed E-state index contributed by atoms with van der Waals surface area (Å²) >= 11 is 1.65. The first-order valence-corrected chi connectivity index (χ1v) is 9.03. The van der Waals surface area contributed by atoms with Crippen LogP contribution in [0.3, 0.4) is 0 Å². The van der Waals surface area contributed by atoms with Gasteiger partial charge < -0.3 is 9.47 Å². The van der Waals surface area contributed by atoms with Gasteiger partial charge in [0.05, 0.1) is 14.2 Å². The van der Waals surface area contributed by atoms with Gasteiger partial charge in [-0.3, -0.25) is 4.79 Å². The molecule has 4 heteroatoms. The minimum Gasteiger partial charge on any atom is -0.497 e. The van der Waals surface area contributed by atoms with E-state index in [1.54, 1.807) is 31.6 Å². The quantitative estimate of drug-likeness (QED) is 0.436. The summed E-state index contributed by atoms with van der Waals surface area (Å²) in [6.45, 7) is 2.07. The summed E-state index contributed by atoms with van der Waals surface area (Å²) < 4.78 is 10.8. The molecule has 0 spiro atoms. The van der Waals surface area contributed by atoms with Gasteiger partial charge in [-0.2, -0.15) is 0 Å². The van der Waals surface area contributed by atoms with Crippen LogP contribution in [0.25, 0.3) is 16.0 Å². The van der Waals surface area contributed by atoms with Crippen LogP contribution in [0.15, 0.2) is 60.7 Å². The van der Waals surface area contributed by atoms with Crippen LogP contribution < -0.4 is 9.47 Å². The van der Waals surface area contributed by atoms with E-state index in [1.807, 2.05) is 24.3 Å². The van der Waals surface area contributed by atoms with E-state index in [-0.39, 0.29) is 0 Å². The maximum Gasteiger partial charge on any atom is 0.143 e. The highest BCUT2D eigenvalue weighted by Gasteiger charge is 2.14. The van der Waals surface area contributed by atoms with Crippen LogP contribution in [-0.2, 0) is 4.79 Å². The minimum atomic E-state index is 0.669. The Bertz CT molecular complexity index is 936. The zero-order chi connectivity index (χ0) is 18.5. The van der Waals surface area contributed by atoms with Gasteiger partial charge in [0.1, 0.15) is 17.8 Å². The molecule has 3 rings (SSSR count). The molecule has 0 N–H and O–H groups in total. The first kappa shape index (κ1) is 18.0. The van der Waals surface area contributed by atoms with E-state index < -0.39 is 0 Å². The Labute approximate surface area is 157 Å². The maximum atomic E-state index is 11.3. The van der Waals surface area contributed by atoms with Gasteiger partial charge in [0.15, 0.2) is 0 Å². The number of allylic oxidation sites excluding steroid dienone is 1. The summed E-state index contributed by atoms with van der Waals surface area (Å²) in [6, 6.07) is 18.2. The molecule has 0 bridgehead atoms. The normalized spacial score (nSPS) is 11.3. The van der Waals surface area contributed by atoms with Gasteiger partial charge in [0.25, 0.3) is 0 Å². The summed E-state index contributed by atoms with van der Waals surface area (Å²) in [4.78, 5) is 13.4. The number of carbonyl (C=O) groups excluding carboxylic acids is 1. The number of hydrogen-bond donors (Lipinski definition) is 0. The Morgan fingerprint density at radius 1 is 0.962 bits per heavy atom. The van der Waals surface area contributed by atoms with E-state index in [2.05, 4.69) is 37.3 Å². The molecule has 0 fully saturated rings. The first-order valence-electron chi connectivity index (χ1n) is 8.21. The van der Waals surface area contributed by atoms with Crippen LogP contribution in [0.1, 0.15) is 16.0 Å². The summed E-state index contributed by atoms with van der Waals surface area (Å²) in [5.41, 5.74) is 4.09. The Kier molecular flexibility index (Phi) is 5.54. The van der Waals surface area contributed by atoms with E-state index in [0.717, 1.165) is 27.2 Å². The number of benzene rings is 2. The highest BCUT2D eigenvalue weighted by Crippen LogP contribution is 2.38. The van der Waals surface area contributed by atoms with Gasteiger partial charge in [0.2, 0.25) is 0 Å². The maximum absolute atomic E-state index is 11.3. The lowest BCUT2D eigenvalue weighted by molar-refractivity contribution is -0.104. The van der Waals surface area contributed by atoms with Gasteiger partial charge >= 0.3 is 0 Å². The van der Waals surface area contributed by atoms with Gasteiger partial charge in [-0.05, 0) is 42.8 Å². The molecule has 3 nitrogen and oxygen atoms in total. The van der Waals surface area contributed by atoms with Crippen molar-refractivity contribution in [3.8, 4) is 21.9 Å². The lowest BCUT2D eigenvalue weighted by Crippen LogP contribution is -1.94. The Morgan fingerprint density at radius 2 is 1.73 bits per heavy atom. The standard InChI is InChI=1S/C22H20O3S/c1-15-4-6-16(7-5-15)21-10-11-22(26-21)19(12-13-23)18-9-8-17(24-2)14-20(18)25-3/h4-14H,1-3H3/b19-12+. The van der Waals surface area contributed by atoms with Crippen LogP contribution >= 0.6 is 11.3 Å². The number of methoxy groups -OCH3 is 2. The molecule has 0 atom stereocenters. The van der Waals surface area contributed by atoms with Crippen molar-refractivity contribution in [1.82, 2.24) is 0 Å². The highest BCUT2D eigenvalue weighted by molar-refractivity contribution is 7.16. The fourth-order valence-electron chi connectivity index (χ4n) is 2.75. The number of aryl methyl sites for hydroxylation is 1. The van der Waals surface area contributed by atoms with E-state index in [1.165, 1.54) is 11.1 Å². The molecular weight excluding hydrogens is 344 g/mol. The fraction of sp³-hybridized carbons (Fsp3) is 0.136. The van der Waals surface area contributed by atoms with Crippen LogP contribution in [0.2, 0.25) is 0 Å². The van der Waals surface area contributed by atoms with Gasteiger partial charge in [0, 0.05) is 27.0 Å². The predicted octanol–water partition coefficient (Wildman–Crippen LogP) is 5.37. The van der Waals surface area contributed by atoms with Crippen molar-refractivity contribution in [3.05, 3.63) is 76.7 Å². The van der Waals surface area contributed by atoms with E-state index >= 15 is 0 Å². The topological polar surface area (TPSA) is 35.5 Å². The zero-order valence-electron chi connectivity index (χ0n) is 15.0. The molecule has 0 radical (unpaired) electrons. The molecule has 0 unspecified atom stereocenters. The molecule has 0 saturated carbocycles. The van der Waals surface area contributed by atoms with E-state index in [4.69, 9.17) is 9.47 Å². The number of carbonyl (C=O) groups is 1. The molecule has 3 aromatic rings. The molecule has 1 aromatic heterocycles. The molecule has 132 valence electrons. The average Bonchev–Trinajstić information content (AvgIpc) is 3.16. The van der Waals surface area contributed by atoms with E-state index in [9.17, 15) is 4.79 Å². The summed E-state index contributed by atoms with van der Waals surface area (Å²) in [5.74, 6) is 1.38. The third kappa shape index (κ3) is 3.70. The van der Waals surface area contributed by atoms with Gasteiger partial charge in [-0.15, -0.1) is 11.3 Å². The van der Waals surface area contributed by atoms with Crippen molar-refractivity contribution < 1.29 is 14.3 Å². The van der Waals surface area contributed by atoms with E-state index in [0.29, 0.717) is 11.5 Å². The van der Waals surface area contributed by atoms with Gasteiger partial charge in [-0.25, -0.2) is 0 Å². The SMILES string of the molecule is COc1ccc(/C(=C\C=O)c2ccc(-c3ccc(C)cc3)s2)c(OC)c1. The average molecular weight is 364 g/mol. The fourth-order valence-corrected chi connectivity index (χ4v) is 3.80. The Balaban J connectivity index is 2.04. The van der Waals surface area contributed by atoms with Gasteiger partial charge in [-0.1, -0.05) is 29.8 Å². The van der Waals surface area contributed by atoms with Crippen LogP contribution in [0.4, 0.5) is 0 Å². The predicted molar refractivity (Wildman–Crippen MR) is 107 cm³/mol. The second-order valence-electron chi connectivity index (χ2n) is 5.81. The zero-order valence-corrected chi connectivity index (χ0v) is 15.8. The van der Waals surface area contributed by atoms with Crippen LogP contribution in [-0.4, -0.2) is 20.5 Å². The third-order valence-corrected chi connectivity index (χ3v) is 5.31. The molecule has 1 heterocycles. The van der Waals surface area contributed by atoms with Crippen molar-refractivity contribution in [2.24, 2.45) is 0 Å². The second kappa shape index (κ2) is 8.02. The van der Waals surface area contributed by atoms with Crippen molar-refractivity contribution in [3.63, 3.8) is 0 Å². The van der Waals surface area contributed by atoms with Crippen molar-refractivity contribution in [1.29, 1.82) is 0 Å². The second-order valence-corrected chi connectivity index (χ2v) is 6.90. The number of aldehydes is 1. The lowest BCUT2D eigenvalue weighted by Gasteiger charge is -2.12. The largest absolute Gasteiger partial charge is 0.497 e. The molecule has 0 aliphatic carbocycles. The third-order valence-electron chi connectivity index (χ3n) is 4.14. The number of ether oxygens (including phenoxy) is 2. The van der Waals surface area contributed by atoms with Crippen molar-refractivity contribution in [2.75, 3.05) is 14.2 Å². The number of hydrogen-bond acceptors (Lipinski definition) is 4. The summed E-state index contributed by atoms with van der Waals surface area (Å²) in [7, 11) is 3.23. The molecule has 0 aliphatic rings. The molecule has 0 saturated heterocycles. The highest BCUT2D eigenvalue weighted by atomic mass is 32.1. The lowest BCUT2D eigenvalue weighted by atomic mass is 10.0. The summed E-state index contributed by atoms with van der Waals surface area (Å²) in [6.07, 6.45) is 2.39. The Morgan fingerprint density at radius 3 is 2.38 bits per heavy atom. The smallest absolute Gasteiger partial charge is 0.143 e. The molecule has 26 heavy (non-hydrogen) atoms. The van der Waals surface area contributed by atoms with Crippen molar-refractivity contribution >= 4 is 23.2 Å². The first-order chi connectivity index (χ1) is 12.7. The molecule has 0 amide bonds. The minimum absolute atomic E-state index is 0.669. The summed E-state index contributed by atoms with van der Waals surface area (Å²) in [5, 5.41) is 0. The molecule has 0 aliphatic heterocycles. The van der Waals surface area contributed by atoms with Crippen LogP contribution in [0.5, 0.6) is 11.5 Å².